The normalized spacial score (nSPS) is 10.3. The summed E-state index contributed by atoms with van der Waals surface area (Å²) >= 11 is 0. The van der Waals surface area contributed by atoms with Crippen LogP contribution in [0.3, 0.4) is 0 Å². The molecule has 12 heavy (non-hydrogen) atoms. The third kappa shape index (κ3) is 7.23. The third-order valence-corrected chi connectivity index (χ3v) is 0.859. The number of rotatable bonds is 0. The van der Waals surface area contributed by atoms with E-state index >= 15 is 0 Å². The van der Waals surface area contributed by atoms with Crippen LogP contribution >= 0.6 is 7.82 Å². The summed E-state index contributed by atoms with van der Waals surface area (Å²) in [5.41, 5.74) is 5.34. The van der Waals surface area contributed by atoms with Crippen molar-refractivity contribution in [2.24, 2.45) is 7.05 Å². The molecule has 70 valence electrons. The van der Waals surface area contributed by atoms with Crippen LogP contribution in [0.15, 0.2) is 12.3 Å². The molecule has 0 amide bonds. The lowest BCUT2D eigenvalue weighted by Gasteiger charge is -1.87. The third-order valence-electron chi connectivity index (χ3n) is 0.859. The zero-order chi connectivity index (χ0) is 9.78. The van der Waals surface area contributed by atoms with Crippen LogP contribution < -0.4 is 5.73 Å². The summed E-state index contributed by atoms with van der Waals surface area (Å²) in [7, 11) is -2.84. The number of aromatic nitrogens is 2. The molecule has 1 heterocycles. The van der Waals surface area contributed by atoms with E-state index in [2.05, 4.69) is 5.10 Å². The van der Waals surface area contributed by atoms with Gasteiger partial charge in [-0.1, -0.05) is 0 Å². The Bertz CT molecular complexity index is 255. The SMILES string of the molecule is Cn1nccc1N.O=P(O)(O)O. The summed E-state index contributed by atoms with van der Waals surface area (Å²) < 4.78 is 10.5. The van der Waals surface area contributed by atoms with E-state index in [0.29, 0.717) is 5.82 Å². The molecular formula is C4H10N3O4P. The van der Waals surface area contributed by atoms with Crippen molar-refractivity contribution < 1.29 is 19.2 Å². The van der Waals surface area contributed by atoms with Gasteiger partial charge in [-0.15, -0.1) is 0 Å². The second-order valence-corrected chi connectivity index (χ2v) is 2.92. The summed E-state index contributed by atoms with van der Waals surface area (Å²) in [5, 5.41) is 3.81. The average molecular weight is 195 g/mol. The molecule has 0 radical (unpaired) electrons. The smallest absolute Gasteiger partial charge is 0.384 e. The molecule has 0 fully saturated rings. The van der Waals surface area contributed by atoms with E-state index in [-0.39, 0.29) is 0 Å². The van der Waals surface area contributed by atoms with Crippen molar-refractivity contribution in [1.82, 2.24) is 9.78 Å². The van der Waals surface area contributed by atoms with E-state index in [9.17, 15) is 0 Å². The van der Waals surface area contributed by atoms with Gasteiger partial charge < -0.3 is 20.4 Å². The number of nitrogens with two attached hydrogens (primary N) is 1. The van der Waals surface area contributed by atoms with E-state index in [1.807, 2.05) is 0 Å². The minimum absolute atomic E-state index is 0.694. The van der Waals surface area contributed by atoms with Crippen LogP contribution in [0.4, 0.5) is 5.82 Å². The molecule has 8 heteroatoms. The number of hydrogen-bond donors (Lipinski definition) is 4. The fraction of sp³-hybridized carbons (Fsp3) is 0.250. The lowest BCUT2D eigenvalue weighted by atomic mass is 10.7. The molecule has 0 spiro atoms. The molecule has 0 saturated heterocycles. The highest BCUT2D eigenvalue weighted by atomic mass is 31.2. The van der Waals surface area contributed by atoms with Crippen LogP contribution in [0.2, 0.25) is 0 Å². The fourth-order valence-electron chi connectivity index (χ4n) is 0.384. The average Bonchev–Trinajstić information content (AvgIpc) is 2.12. The number of hydrogen-bond acceptors (Lipinski definition) is 3. The van der Waals surface area contributed by atoms with Gasteiger partial charge in [0.1, 0.15) is 5.82 Å². The predicted molar refractivity (Wildman–Crippen MR) is 41.9 cm³/mol. The molecule has 0 unspecified atom stereocenters. The second kappa shape index (κ2) is 4.22. The van der Waals surface area contributed by atoms with Crippen LogP contribution in [0.5, 0.6) is 0 Å². The summed E-state index contributed by atoms with van der Waals surface area (Å²) in [6.45, 7) is 0. The van der Waals surface area contributed by atoms with Crippen molar-refractivity contribution in [3.63, 3.8) is 0 Å². The maximum atomic E-state index is 8.88. The number of nitrogens with zero attached hydrogens (tertiary/aromatic N) is 2. The topological polar surface area (TPSA) is 122 Å². The van der Waals surface area contributed by atoms with Crippen molar-refractivity contribution in [3.05, 3.63) is 12.3 Å². The second-order valence-electron chi connectivity index (χ2n) is 1.89. The highest BCUT2D eigenvalue weighted by Crippen LogP contribution is 2.25. The molecule has 1 aromatic heterocycles. The van der Waals surface area contributed by atoms with Gasteiger partial charge in [0.2, 0.25) is 0 Å². The van der Waals surface area contributed by atoms with E-state index < -0.39 is 7.82 Å². The minimum Gasteiger partial charge on any atom is -0.384 e. The predicted octanol–water partition coefficient (Wildman–Crippen LogP) is -0.926. The lowest BCUT2D eigenvalue weighted by molar-refractivity contribution is 0.275. The van der Waals surface area contributed by atoms with Gasteiger partial charge >= 0.3 is 7.82 Å². The monoisotopic (exact) mass is 195 g/mol. The molecule has 0 bridgehead atoms. The fourth-order valence-corrected chi connectivity index (χ4v) is 0.384. The number of nitrogen functional groups attached to an aromatic ring is 1. The Hall–Kier alpha value is -0.880. The van der Waals surface area contributed by atoms with E-state index in [4.69, 9.17) is 25.0 Å². The number of anilines is 1. The molecule has 0 aliphatic heterocycles. The van der Waals surface area contributed by atoms with Crippen molar-refractivity contribution >= 4 is 13.6 Å². The molecule has 0 aliphatic rings. The first-order chi connectivity index (χ1) is 5.30. The van der Waals surface area contributed by atoms with Crippen molar-refractivity contribution in [2.75, 3.05) is 5.73 Å². The zero-order valence-corrected chi connectivity index (χ0v) is 7.22. The summed E-state index contributed by atoms with van der Waals surface area (Å²) in [6.07, 6.45) is 1.66. The van der Waals surface area contributed by atoms with Crippen molar-refractivity contribution in [2.45, 2.75) is 0 Å². The minimum atomic E-state index is -4.64. The summed E-state index contributed by atoms with van der Waals surface area (Å²) in [5.74, 6) is 0.694. The van der Waals surface area contributed by atoms with E-state index in [0.717, 1.165) is 0 Å². The molecule has 0 atom stereocenters. The largest absolute Gasteiger partial charge is 0.466 e. The first-order valence-corrected chi connectivity index (χ1v) is 4.39. The first-order valence-electron chi connectivity index (χ1n) is 2.82. The van der Waals surface area contributed by atoms with Crippen LogP contribution in [0, 0.1) is 0 Å². The molecule has 1 aromatic rings. The molecular weight excluding hydrogens is 185 g/mol. The molecule has 1 rings (SSSR count). The van der Waals surface area contributed by atoms with Crippen LogP contribution in [0.1, 0.15) is 0 Å². The van der Waals surface area contributed by atoms with Gasteiger partial charge in [-0.3, -0.25) is 4.68 Å². The van der Waals surface area contributed by atoms with E-state index in [1.54, 1.807) is 24.0 Å². The maximum absolute atomic E-state index is 8.88. The molecule has 5 N–H and O–H groups in total. The van der Waals surface area contributed by atoms with Gasteiger partial charge in [0.15, 0.2) is 0 Å². The van der Waals surface area contributed by atoms with Gasteiger partial charge in [-0.05, 0) is 6.07 Å². The van der Waals surface area contributed by atoms with Gasteiger partial charge in [0.05, 0.1) is 6.20 Å². The Morgan fingerprint density at radius 3 is 2.08 bits per heavy atom. The summed E-state index contributed by atoms with van der Waals surface area (Å²) in [6, 6.07) is 1.75. The number of aryl methyl sites for hydroxylation is 1. The Labute approximate surface area is 68.7 Å². The highest BCUT2D eigenvalue weighted by molar-refractivity contribution is 7.45. The van der Waals surface area contributed by atoms with Crippen molar-refractivity contribution in [1.29, 1.82) is 0 Å². The quantitative estimate of drug-likeness (QED) is 0.397. The Balaban J connectivity index is 0.000000217. The molecule has 0 saturated carbocycles. The standard InChI is InChI=1S/C4H7N3.H3O4P/c1-7-4(5)2-3-6-7;1-5(2,3)4/h2-3H,5H2,1H3;(H3,1,2,3,4). The Morgan fingerprint density at radius 1 is 1.58 bits per heavy atom. The van der Waals surface area contributed by atoms with Crippen LogP contribution in [0.25, 0.3) is 0 Å². The highest BCUT2D eigenvalue weighted by Gasteiger charge is 2.00. The van der Waals surface area contributed by atoms with E-state index in [1.165, 1.54) is 0 Å². The maximum Gasteiger partial charge on any atom is 0.466 e. The van der Waals surface area contributed by atoms with Gasteiger partial charge in [0, 0.05) is 7.05 Å². The summed E-state index contributed by atoms with van der Waals surface area (Å²) in [4.78, 5) is 21.6. The number of phosphoric acid groups is 1. The Kier molecular flexibility index (Phi) is 3.91. The molecule has 0 aromatic carbocycles. The first kappa shape index (κ1) is 11.1. The molecule has 7 nitrogen and oxygen atoms in total. The van der Waals surface area contributed by atoms with Gasteiger partial charge in [0.25, 0.3) is 0 Å². The molecule has 0 aliphatic carbocycles. The zero-order valence-electron chi connectivity index (χ0n) is 6.32. The lowest BCUT2D eigenvalue weighted by Crippen LogP contribution is -1.95. The van der Waals surface area contributed by atoms with Crippen molar-refractivity contribution in [3.8, 4) is 0 Å². The van der Waals surface area contributed by atoms with Crippen LogP contribution in [-0.2, 0) is 11.6 Å². The van der Waals surface area contributed by atoms with Gasteiger partial charge in [-0.25, -0.2) is 4.57 Å². The van der Waals surface area contributed by atoms with Crippen LogP contribution in [-0.4, -0.2) is 24.5 Å². The van der Waals surface area contributed by atoms with Gasteiger partial charge in [-0.2, -0.15) is 5.10 Å². The Morgan fingerprint density at radius 2 is 2.00 bits per heavy atom.